The van der Waals surface area contributed by atoms with Crippen LogP contribution in [-0.2, 0) is 11.3 Å². The zero-order valence-electron chi connectivity index (χ0n) is 14.6. The number of quaternary nitrogens is 1. The van der Waals surface area contributed by atoms with E-state index in [9.17, 15) is 9.18 Å². The Morgan fingerprint density at radius 3 is 2.56 bits per heavy atom. The predicted octanol–water partition coefficient (Wildman–Crippen LogP) is 2.38. The number of halogens is 2. The van der Waals surface area contributed by atoms with Crippen LogP contribution in [0.4, 0.5) is 4.39 Å². The maximum absolute atomic E-state index is 13.7. The van der Waals surface area contributed by atoms with Gasteiger partial charge in [0.15, 0.2) is 18.1 Å². The average molecular weight is 366 g/mol. The van der Waals surface area contributed by atoms with E-state index in [4.69, 9.17) is 16.3 Å². The van der Waals surface area contributed by atoms with Crippen LogP contribution in [0.1, 0.15) is 24.1 Å². The van der Waals surface area contributed by atoms with Gasteiger partial charge in [0, 0.05) is 10.6 Å². The van der Waals surface area contributed by atoms with Crippen molar-refractivity contribution in [2.24, 2.45) is 0 Å². The van der Waals surface area contributed by atoms with Gasteiger partial charge in [-0.1, -0.05) is 23.7 Å². The summed E-state index contributed by atoms with van der Waals surface area (Å²) in [6, 6.07) is 12.1. The number of likely N-dealkylation sites (N-methyl/N-ethyl adjacent to an activating group) is 1. The Morgan fingerprint density at radius 1 is 1.28 bits per heavy atom. The summed E-state index contributed by atoms with van der Waals surface area (Å²) in [6.07, 6.45) is 0. The third-order valence-electron chi connectivity index (χ3n) is 3.93. The van der Waals surface area contributed by atoms with Crippen molar-refractivity contribution in [3.63, 3.8) is 0 Å². The molecule has 2 N–H and O–H groups in total. The van der Waals surface area contributed by atoms with Crippen LogP contribution in [0.15, 0.2) is 42.5 Å². The highest BCUT2D eigenvalue weighted by molar-refractivity contribution is 6.30. The van der Waals surface area contributed by atoms with Gasteiger partial charge in [-0.2, -0.15) is 0 Å². The number of benzene rings is 2. The van der Waals surface area contributed by atoms with Gasteiger partial charge in [0.1, 0.15) is 6.54 Å². The number of carbonyl (C=O) groups is 1. The Hall–Kier alpha value is -2.11. The largest absolute Gasteiger partial charge is 0.494 e. The van der Waals surface area contributed by atoms with Gasteiger partial charge in [0.2, 0.25) is 0 Å². The molecular formula is C19H23ClFN2O2+. The van der Waals surface area contributed by atoms with Crippen molar-refractivity contribution >= 4 is 17.5 Å². The third kappa shape index (κ3) is 5.73. The van der Waals surface area contributed by atoms with Crippen molar-refractivity contribution in [1.82, 2.24) is 5.32 Å². The molecule has 0 saturated heterocycles. The lowest BCUT2D eigenvalue weighted by molar-refractivity contribution is -0.885. The topological polar surface area (TPSA) is 42.8 Å². The summed E-state index contributed by atoms with van der Waals surface area (Å²) in [5.74, 6) is -0.238. The molecule has 2 atom stereocenters. The molecule has 25 heavy (non-hydrogen) atoms. The predicted molar refractivity (Wildman–Crippen MR) is 96.4 cm³/mol. The molecule has 0 saturated carbocycles. The molecule has 0 spiro atoms. The summed E-state index contributed by atoms with van der Waals surface area (Å²) in [6.45, 7) is 2.77. The number of ether oxygens (including phenoxy) is 1. The Kier molecular flexibility index (Phi) is 6.79. The van der Waals surface area contributed by atoms with Gasteiger partial charge in [0.05, 0.1) is 20.2 Å². The highest BCUT2D eigenvalue weighted by Crippen LogP contribution is 2.17. The van der Waals surface area contributed by atoms with Crippen molar-refractivity contribution in [2.75, 3.05) is 20.7 Å². The summed E-state index contributed by atoms with van der Waals surface area (Å²) in [5.41, 5.74) is 1.81. The highest BCUT2D eigenvalue weighted by atomic mass is 35.5. The van der Waals surface area contributed by atoms with Crippen LogP contribution in [0.3, 0.4) is 0 Å². The molecule has 2 aromatic carbocycles. The van der Waals surface area contributed by atoms with E-state index in [1.54, 1.807) is 24.3 Å². The maximum atomic E-state index is 13.7. The standard InChI is InChI=1S/C19H22ClFN2O2/c1-13(15-5-7-16(20)8-6-15)22-19(24)12-23(2)11-14-4-9-18(25-3)17(21)10-14/h4-10,13H,11-12H2,1-3H3,(H,22,24)/p+1/t13-/m0/s1. The van der Waals surface area contributed by atoms with Gasteiger partial charge < -0.3 is 15.0 Å². The first-order valence-electron chi connectivity index (χ1n) is 8.07. The van der Waals surface area contributed by atoms with E-state index >= 15 is 0 Å². The van der Waals surface area contributed by atoms with Crippen molar-refractivity contribution in [3.8, 4) is 5.75 Å². The van der Waals surface area contributed by atoms with Gasteiger partial charge in [-0.05, 0) is 42.8 Å². The van der Waals surface area contributed by atoms with Gasteiger partial charge in [-0.25, -0.2) is 4.39 Å². The number of hydrogen-bond donors (Lipinski definition) is 2. The molecule has 2 rings (SSSR count). The van der Waals surface area contributed by atoms with E-state index in [0.29, 0.717) is 18.1 Å². The summed E-state index contributed by atoms with van der Waals surface area (Å²) in [7, 11) is 3.33. The molecule has 2 aromatic rings. The first-order chi connectivity index (χ1) is 11.9. The first kappa shape index (κ1) is 19.2. The van der Waals surface area contributed by atoms with Crippen LogP contribution in [-0.4, -0.2) is 26.6 Å². The van der Waals surface area contributed by atoms with E-state index in [0.717, 1.165) is 16.0 Å². The lowest BCUT2D eigenvalue weighted by atomic mass is 10.1. The molecule has 1 unspecified atom stereocenters. The monoisotopic (exact) mass is 365 g/mol. The Balaban J connectivity index is 1.87. The molecule has 0 heterocycles. The van der Waals surface area contributed by atoms with Crippen molar-refractivity contribution < 1.29 is 18.8 Å². The lowest BCUT2D eigenvalue weighted by Gasteiger charge is -2.18. The van der Waals surface area contributed by atoms with E-state index in [2.05, 4.69) is 5.32 Å². The van der Waals surface area contributed by atoms with Crippen molar-refractivity contribution in [1.29, 1.82) is 0 Å². The molecular weight excluding hydrogens is 343 g/mol. The van der Waals surface area contributed by atoms with Crippen LogP contribution in [0.25, 0.3) is 0 Å². The summed E-state index contributed by atoms with van der Waals surface area (Å²) in [4.78, 5) is 13.2. The van der Waals surface area contributed by atoms with Gasteiger partial charge in [-0.15, -0.1) is 0 Å². The van der Waals surface area contributed by atoms with Crippen LogP contribution in [0.2, 0.25) is 5.02 Å². The van der Waals surface area contributed by atoms with E-state index in [1.807, 2.05) is 26.1 Å². The van der Waals surface area contributed by atoms with Crippen LogP contribution in [0.5, 0.6) is 5.75 Å². The minimum absolute atomic E-state index is 0.0612. The quantitative estimate of drug-likeness (QED) is 0.791. The molecule has 4 nitrogen and oxygen atoms in total. The second-order valence-electron chi connectivity index (χ2n) is 6.12. The lowest BCUT2D eigenvalue weighted by Crippen LogP contribution is -3.08. The fraction of sp³-hybridized carbons (Fsp3) is 0.316. The molecule has 0 fully saturated rings. The Morgan fingerprint density at radius 2 is 1.96 bits per heavy atom. The van der Waals surface area contributed by atoms with Gasteiger partial charge >= 0.3 is 0 Å². The van der Waals surface area contributed by atoms with Crippen LogP contribution in [0, 0.1) is 5.82 Å². The van der Waals surface area contributed by atoms with E-state index < -0.39 is 5.82 Å². The number of hydrogen-bond acceptors (Lipinski definition) is 2. The number of carbonyl (C=O) groups excluding carboxylic acids is 1. The number of amides is 1. The fourth-order valence-corrected chi connectivity index (χ4v) is 2.76. The molecule has 0 aromatic heterocycles. The summed E-state index contributed by atoms with van der Waals surface area (Å²) in [5, 5.41) is 3.63. The average Bonchev–Trinajstić information content (AvgIpc) is 2.55. The van der Waals surface area contributed by atoms with Crippen molar-refractivity contribution in [3.05, 3.63) is 64.4 Å². The maximum Gasteiger partial charge on any atom is 0.275 e. The molecule has 1 amide bonds. The third-order valence-corrected chi connectivity index (χ3v) is 4.18. The fourth-order valence-electron chi connectivity index (χ4n) is 2.63. The molecule has 134 valence electrons. The zero-order chi connectivity index (χ0) is 18.4. The van der Waals surface area contributed by atoms with Crippen molar-refractivity contribution in [2.45, 2.75) is 19.5 Å². The molecule has 0 aliphatic rings. The Bertz CT molecular complexity index is 722. The molecule has 0 radical (unpaired) electrons. The number of rotatable bonds is 7. The van der Waals surface area contributed by atoms with Gasteiger partial charge in [-0.3, -0.25) is 4.79 Å². The van der Waals surface area contributed by atoms with Gasteiger partial charge in [0.25, 0.3) is 5.91 Å². The van der Waals surface area contributed by atoms with Crippen LogP contribution >= 0.6 is 11.6 Å². The zero-order valence-corrected chi connectivity index (χ0v) is 15.4. The first-order valence-corrected chi connectivity index (χ1v) is 8.45. The SMILES string of the molecule is COc1ccc(C[NH+](C)CC(=O)N[C@@H](C)c2ccc(Cl)cc2)cc1F. The molecule has 0 bridgehead atoms. The molecule has 6 heteroatoms. The summed E-state index contributed by atoms with van der Waals surface area (Å²) >= 11 is 5.87. The second kappa shape index (κ2) is 8.83. The molecule has 0 aliphatic heterocycles. The second-order valence-corrected chi connectivity index (χ2v) is 6.56. The van der Waals surface area contributed by atoms with E-state index in [1.165, 1.54) is 13.2 Å². The minimum Gasteiger partial charge on any atom is -0.494 e. The normalized spacial score (nSPS) is 13.2. The molecule has 0 aliphatic carbocycles. The Labute approximate surface area is 152 Å². The smallest absolute Gasteiger partial charge is 0.275 e. The number of methoxy groups -OCH3 is 1. The highest BCUT2D eigenvalue weighted by Gasteiger charge is 2.15. The van der Waals surface area contributed by atoms with Crippen LogP contribution < -0.4 is 15.0 Å². The van der Waals surface area contributed by atoms with E-state index in [-0.39, 0.29) is 17.7 Å². The number of nitrogens with one attached hydrogen (secondary N) is 2. The summed E-state index contributed by atoms with van der Waals surface area (Å²) < 4.78 is 18.6. The minimum atomic E-state index is -0.395.